The van der Waals surface area contributed by atoms with E-state index in [2.05, 4.69) is 53.0 Å². The summed E-state index contributed by atoms with van der Waals surface area (Å²) in [5.74, 6) is 0. The maximum absolute atomic E-state index is 2.31. The van der Waals surface area contributed by atoms with Crippen molar-refractivity contribution in [3.05, 3.63) is 21.2 Å². The van der Waals surface area contributed by atoms with E-state index in [-0.39, 0.29) is 10.8 Å². The first kappa shape index (κ1) is 12.1. The lowest BCUT2D eigenvalue weighted by atomic mass is 9.91. The van der Waals surface area contributed by atoms with Crippen LogP contribution in [0, 0.1) is 0 Å². The lowest BCUT2D eigenvalue weighted by Crippen LogP contribution is -2.10. The Balaban J connectivity index is 2.75. The van der Waals surface area contributed by atoms with Gasteiger partial charge >= 0.3 is 0 Å². The molecule has 0 aliphatic rings. The molecule has 2 heterocycles. The predicted molar refractivity (Wildman–Crippen MR) is 77.1 cm³/mol. The zero-order chi connectivity index (χ0) is 12.1. The molecule has 2 heteroatoms. The Labute approximate surface area is 106 Å². The maximum atomic E-state index is 2.31. The summed E-state index contributed by atoms with van der Waals surface area (Å²) in [5, 5.41) is 3.70. The monoisotopic (exact) mass is 252 g/mol. The van der Waals surface area contributed by atoms with E-state index >= 15 is 0 Å². The van der Waals surface area contributed by atoms with Crippen LogP contribution in [-0.4, -0.2) is 0 Å². The minimum Gasteiger partial charge on any atom is -0.143 e. The number of hydrogen-bond donors (Lipinski definition) is 0. The first-order valence-corrected chi connectivity index (χ1v) is 7.42. The van der Waals surface area contributed by atoms with Crippen LogP contribution in [0.25, 0.3) is 10.1 Å². The molecule has 0 saturated carbocycles. The van der Waals surface area contributed by atoms with Crippen LogP contribution in [0.5, 0.6) is 0 Å². The summed E-state index contributed by atoms with van der Waals surface area (Å²) in [4.78, 5) is 3.08. The van der Waals surface area contributed by atoms with Crippen molar-refractivity contribution in [3.63, 3.8) is 0 Å². The average Bonchev–Trinajstić information content (AvgIpc) is 2.54. The minimum atomic E-state index is 0.257. The molecule has 0 N–H and O–H groups in total. The van der Waals surface area contributed by atoms with Gasteiger partial charge in [0.25, 0.3) is 0 Å². The van der Waals surface area contributed by atoms with Gasteiger partial charge in [-0.25, -0.2) is 0 Å². The second-order valence-electron chi connectivity index (χ2n) is 6.42. The SMILES string of the molecule is CC(C)(C)c1sc(C(C)(C)C)c2sccc12. The second-order valence-corrected chi connectivity index (χ2v) is 8.36. The third kappa shape index (κ3) is 1.93. The van der Waals surface area contributed by atoms with Crippen LogP contribution in [-0.2, 0) is 10.8 Å². The molecule has 0 aliphatic carbocycles. The molecule has 88 valence electrons. The molecule has 2 aromatic heterocycles. The average molecular weight is 252 g/mol. The van der Waals surface area contributed by atoms with E-state index in [9.17, 15) is 0 Å². The van der Waals surface area contributed by atoms with Crippen molar-refractivity contribution in [2.45, 2.75) is 52.4 Å². The van der Waals surface area contributed by atoms with Crippen LogP contribution in [0.15, 0.2) is 11.4 Å². The van der Waals surface area contributed by atoms with E-state index in [1.807, 2.05) is 22.7 Å². The van der Waals surface area contributed by atoms with Crippen LogP contribution in [0.4, 0.5) is 0 Å². The van der Waals surface area contributed by atoms with Crippen LogP contribution < -0.4 is 0 Å². The van der Waals surface area contributed by atoms with E-state index < -0.39 is 0 Å². The molecule has 2 rings (SSSR count). The highest BCUT2D eigenvalue weighted by atomic mass is 32.1. The molecule has 0 aliphatic heterocycles. The highest BCUT2D eigenvalue weighted by Crippen LogP contribution is 2.45. The number of hydrogen-bond acceptors (Lipinski definition) is 2. The molecular weight excluding hydrogens is 232 g/mol. The summed E-state index contributed by atoms with van der Waals surface area (Å²) < 4.78 is 1.50. The van der Waals surface area contributed by atoms with E-state index in [1.165, 1.54) is 15.0 Å². The number of rotatable bonds is 0. The van der Waals surface area contributed by atoms with Gasteiger partial charge in [0.05, 0.1) is 0 Å². The Hall–Kier alpha value is -0.340. The Kier molecular flexibility index (Phi) is 2.71. The molecule has 0 spiro atoms. The minimum absolute atomic E-state index is 0.257. The van der Waals surface area contributed by atoms with Crippen molar-refractivity contribution in [1.82, 2.24) is 0 Å². The number of thiophene rings is 2. The van der Waals surface area contributed by atoms with E-state index in [0.717, 1.165) is 0 Å². The van der Waals surface area contributed by atoms with Gasteiger partial charge in [-0.3, -0.25) is 0 Å². The highest BCUT2D eigenvalue weighted by Gasteiger charge is 2.27. The second kappa shape index (κ2) is 3.58. The predicted octanol–water partition coefficient (Wildman–Crippen LogP) is 5.56. The molecule has 2 aromatic rings. The molecule has 0 aromatic carbocycles. The van der Waals surface area contributed by atoms with Crippen molar-refractivity contribution in [1.29, 1.82) is 0 Å². The van der Waals surface area contributed by atoms with Gasteiger partial charge in [-0.1, -0.05) is 41.5 Å². The Morgan fingerprint density at radius 2 is 1.44 bits per heavy atom. The van der Waals surface area contributed by atoms with Crippen LogP contribution in [0.1, 0.15) is 51.3 Å². The fourth-order valence-electron chi connectivity index (χ4n) is 1.92. The summed E-state index contributed by atoms with van der Waals surface area (Å²) >= 11 is 3.89. The first-order chi connectivity index (χ1) is 7.21. The Morgan fingerprint density at radius 1 is 0.875 bits per heavy atom. The van der Waals surface area contributed by atoms with E-state index in [1.54, 1.807) is 4.88 Å². The zero-order valence-corrected chi connectivity index (χ0v) is 12.6. The zero-order valence-electron chi connectivity index (χ0n) is 11.0. The van der Waals surface area contributed by atoms with Crippen molar-refractivity contribution in [2.75, 3.05) is 0 Å². The van der Waals surface area contributed by atoms with Gasteiger partial charge in [-0.15, -0.1) is 22.7 Å². The summed E-state index contributed by atoms with van der Waals surface area (Å²) in [6.07, 6.45) is 0. The van der Waals surface area contributed by atoms with Gasteiger partial charge in [0, 0.05) is 19.8 Å². The normalized spacial score (nSPS) is 13.6. The smallest absolute Gasteiger partial charge is 0.0490 e. The quantitative estimate of drug-likeness (QED) is 0.576. The largest absolute Gasteiger partial charge is 0.143 e. The van der Waals surface area contributed by atoms with Crippen molar-refractivity contribution >= 4 is 32.8 Å². The van der Waals surface area contributed by atoms with Gasteiger partial charge in [0.1, 0.15) is 0 Å². The first-order valence-electron chi connectivity index (χ1n) is 5.72. The summed E-state index contributed by atoms with van der Waals surface area (Å²) in [6, 6.07) is 2.28. The summed E-state index contributed by atoms with van der Waals surface area (Å²) in [5.41, 5.74) is 0.519. The fourth-order valence-corrected chi connectivity index (χ4v) is 4.60. The molecule has 0 atom stereocenters. The molecule has 0 bridgehead atoms. The van der Waals surface area contributed by atoms with Crippen molar-refractivity contribution in [2.24, 2.45) is 0 Å². The van der Waals surface area contributed by atoms with Crippen molar-refractivity contribution in [3.8, 4) is 0 Å². The van der Waals surface area contributed by atoms with Gasteiger partial charge < -0.3 is 0 Å². The lowest BCUT2D eigenvalue weighted by Gasteiger charge is -2.18. The molecule has 0 radical (unpaired) electrons. The third-order valence-corrected chi connectivity index (χ3v) is 5.80. The standard InChI is InChI=1S/C14H20S2/c1-13(2,3)11-9-7-8-15-10(9)12(16-11)14(4,5)6/h7-8H,1-6H3. The molecule has 0 nitrogen and oxygen atoms in total. The maximum Gasteiger partial charge on any atom is 0.0490 e. The van der Waals surface area contributed by atoms with Gasteiger partial charge in [0.15, 0.2) is 0 Å². The topological polar surface area (TPSA) is 0 Å². The number of fused-ring (bicyclic) bond motifs is 1. The Bertz CT molecular complexity index is 457. The molecule has 16 heavy (non-hydrogen) atoms. The van der Waals surface area contributed by atoms with Crippen LogP contribution >= 0.6 is 22.7 Å². The third-order valence-electron chi connectivity index (χ3n) is 2.68. The van der Waals surface area contributed by atoms with E-state index in [4.69, 9.17) is 0 Å². The van der Waals surface area contributed by atoms with Crippen LogP contribution in [0.3, 0.4) is 0 Å². The molecule has 0 fully saturated rings. The summed E-state index contributed by atoms with van der Waals surface area (Å²) in [7, 11) is 0. The molecule has 0 saturated heterocycles. The fraction of sp³-hybridized carbons (Fsp3) is 0.571. The van der Waals surface area contributed by atoms with Gasteiger partial charge in [0.2, 0.25) is 0 Å². The van der Waals surface area contributed by atoms with E-state index in [0.29, 0.717) is 0 Å². The lowest BCUT2D eigenvalue weighted by molar-refractivity contribution is 0.604. The van der Waals surface area contributed by atoms with Gasteiger partial charge in [-0.05, 0) is 22.3 Å². The summed E-state index contributed by atoms with van der Waals surface area (Å²) in [6.45, 7) is 13.9. The highest BCUT2D eigenvalue weighted by molar-refractivity contribution is 7.23. The molecule has 0 unspecified atom stereocenters. The van der Waals surface area contributed by atoms with Crippen molar-refractivity contribution < 1.29 is 0 Å². The Morgan fingerprint density at radius 3 is 1.94 bits per heavy atom. The molecular formula is C14H20S2. The van der Waals surface area contributed by atoms with Crippen LogP contribution in [0.2, 0.25) is 0 Å². The molecule has 0 amide bonds. The van der Waals surface area contributed by atoms with Gasteiger partial charge in [-0.2, -0.15) is 0 Å².